The molecule has 104 valence electrons. The molecular weight excluding hydrogens is 302 g/mol. The highest BCUT2D eigenvalue weighted by Gasteiger charge is 2.17. The maximum atomic E-state index is 13.5. The first-order valence-corrected chi connectivity index (χ1v) is 6.89. The summed E-state index contributed by atoms with van der Waals surface area (Å²) in [4.78, 5) is 4.39. The SMILES string of the molecule is CC(Cl)c1nc2cc(F)c(Cl)cc2n1Cc1ccco1. The summed E-state index contributed by atoms with van der Waals surface area (Å²) in [5.41, 5.74) is 1.26. The van der Waals surface area contributed by atoms with Crippen molar-refractivity contribution in [2.24, 2.45) is 0 Å². The Bertz CT molecular complexity index is 750. The molecule has 0 N–H and O–H groups in total. The quantitative estimate of drug-likeness (QED) is 0.652. The maximum absolute atomic E-state index is 13.5. The van der Waals surface area contributed by atoms with Crippen LogP contribution < -0.4 is 0 Å². The molecule has 0 radical (unpaired) electrons. The normalized spacial score (nSPS) is 13.0. The minimum Gasteiger partial charge on any atom is -0.467 e. The average Bonchev–Trinajstić information content (AvgIpc) is 3.00. The Hall–Kier alpha value is -1.52. The minimum absolute atomic E-state index is 0.0619. The van der Waals surface area contributed by atoms with Crippen LogP contribution in [0.4, 0.5) is 4.39 Å². The van der Waals surface area contributed by atoms with Crippen molar-refractivity contribution in [2.75, 3.05) is 0 Å². The van der Waals surface area contributed by atoms with Gasteiger partial charge in [-0.15, -0.1) is 11.6 Å². The van der Waals surface area contributed by atoms with E-state index >= 15 is 0 Å². The van der Waals surface area contributed by atoms with E-state index in [0.717, 1.165) is 11.3 Å². The average molecular weight is 313 g/mol. The van der Waals surface area contributed by atoms with Gasteiger partial charge < -0.3 is 8.98 Å². The van der Waals surface area contributed by atoms with Crippen molar-refractivity contribution in [3.63, 3.8) is 0 Å². The summed E-state index contributed by atoms with van der Waals surface area (Å²) in [6.07, 6.45) is 1.60. The van der Waals surface area contributed by atoms with Gasteiger partial charge >= 0.3 is 0 Å². The molecule has 0 saturated carbocycles. The fraction of sp³-hybridized carbons (Fsp3) is 0.214. The van der Waals surface area contributed by atoms with E-state index in [2.05, 4.69) is 4.98 Å². The summed E-state index contributed by atoms with van der Waals surface area (Å²) < 4.78 is 20.8. The van der Waals surface area contributed by atoms with Crippen LogP contribution in [0.3, 0.4) is 0 Å². The van der Waals surface area contributed by atoms with E-state index < -0.39 is 5.82 Å². The zero-order valence-corrected chi connectivity index (χ0v) is 12.1. The molecule has 2 heterocycles. The molecule has 0 spiro atoms. The van der Waals surface area contributed by atoms with Crippen LogP contribution in [-0.2, 0) is 6.54 Å². The van der Waals surface area contributed by atoms with Gasteiger partial charge in [0.1, 0.15) is 17.4 Å². The van der Waals surface area contributed by atoms with Crippen LogP contribution in [0.15, 0.2) is 34.9 Å². The van der Waals surface area contributed by atoms with Crippen LogP contribution in [0.1, 0.15) is 23.9 Å². The summed E-state index contributed by atoms with van der Waals surface area (Å²) in [6.45, 7) is 2.29. The highest BCUT2D eigenvalue weighted by Crippen LogP contribution is 2.29. The summed E-state index contributed by atoms with van der Waals surface area (Å²) >= 11 is 12.0. The summed E-state index contributed by atoms with van der Waals surface area (Å²) in [7, 11) is 0. The summed E-state index contributed by atoms with van der Waals surface area (Å²) in [5, 5.41) is -0.244. The molecule has 3 nitrogen and oxygen atoms in total. The molecule has 0 amide bonds. The van der Waals surface area contributed by atoms with Gasteiger partial charge in [-0.25, -0.2) is 9.37 Å². The second kappa shape index (κ2) is 5.11. The van der Waals surface area contributed by atoms with Gasteiger partial charge in [-0.2, -0.15) is 0 Å². The fourth-order valence-electron chi connectivity index (χ4n) is 2.17. The largest absolute Gasteiger partial charge is 0.467 e. The number of aromatic nitrogens is 2. The number of hydrogen-bond donors (Lipinski definition) is 0. The Morgan fingerprint density at radius 1 is 1.45 bits per heavy atom. The van der Waals surface area contributed by atoms with Crippen molar-refractivity contribution in [1.82, 2.24) is 9.55 Å². The first-order valence-electron chi connectivity index (χ1n) is 6.08. The fourth-order valence-corrected chi connectivity index (χ4v) is 2.49. The Kier molecular flexibility index (Phi) is 3.44. The lowest BCUT2D eigenvalue weighted by Gasteiger charge is -2.09. The molecule has 6 heteroatoms. The number of halogens is 3. The number of furan rings is 1. The number of rotatable bonds is 3. The molecule has 0 aliphatic carbocycles. The van der Waals surface area contributed by atoms with E-state index in [1.54, 1.807) is 12.3 Å². The van der Waals surface area contributed by atoms with E-state index in [1.165, 1.54) is 6.07 Å². The Morgan fingerprint density at radius 3 is 2.90 bits per heavy atom. The van der Waals surface area contributed by atoms with Gasteiger partial charge in [-0.05, 0) is 25.1 Å². The number of imidazole rings is 1. The highest BCUT2D eigenvalue weighted by atomic mass is 35.5. The zero-order valence-electron chi connectivity index (χ0n) is 10.6. The van der Waals surface area contributed by atoms with Gasteiger partial charge in [-0.1, -0.05) is 11.6 Å². The second-order valence-electron chi connectivity index (χ2n) is 4.51. The third kappa shape index (κ3) is 2.30. The molecule has 0 aliphatic rings. The third-order valence-corrected chi connectivity index (χ3v) is 3.55. The molecule has 1 atom stereocenters. The van der Waals surface area contributed by atoms with Crippen molar-refractivity contribution < 1.29 is 8.81 Å². The van der Waals surface area contributed by atoms with E-state index in [1.807, 2.05) is 23.6 Å². The topological polar surface area (TPSA) is 31.0 Å². The lowest BCUT2D eigenvalue weighted by Crippen LogP contribution is -2.05. The molecule has 0 aliphatic heterocycles. The molecule has 0 saturated heterocycles. The van der Waals surface area contributed by atoms with Crippen LogP contribution in [-0.4, -0.2) is 9.55 Å². The first-order chi connectivity index (χ1) is 9.56. The first kappa shape index (κ1) is 13.5. The molecule has 3 aromatic rings. The Labute approximate surface area is 124 Å². The zero-order chi connectivity index (χ0) is 14.3. The van der Waals surface area contributed by atoms with Crippen LogP contribution >= 0.6 is 23.2 Å². The molecule has 0 fully saturated rings. The van der Waals surface area contributed by atoms with Crippen LogP contribution in [0.25, 0.3) is 11.0 Å². The van der Waals surface area contributed by atoms with E-state index in [9.17, 15) is 4.39 Å². The van der Waals surface area contributed by atoms with Crippen LogP contribution in [0.2, 0.25) is 5.02 Å². The van der Waals surface area contributed by atoms with Crippen molar-refractivity contribution in [3.05, 3.63) is 53.0 Å². The van der Waals surface area contributed by atoms with E-state index in [-0.39, 0.29) is 10.4 Å². The molecular formula is C14H11Cl2FN2O. The standard InChI is InChI=1S/C14H11Cl2FN2O/c1-8(15)14-18-12-6-11(17)10(16)5-13(12)19(14)7-9-3-2-4-20-9/h2-6,8H,7H2,1H3. The van der Waals surface area contributed by atoms with Crippen molar-refractivity contribution >= 4 is 34.2 Å². The Balaban J connectivity index is 2.20. The summed E-state index contributed by atoms with van der Waals surface area (Å²) in [6, 6.07) is 6.55. The van der Waals surface area contributed by atoms with Gasteiger partial charge in [0, 0.05) is 6.07 Å². The van der Waals surface area contributed by atoms with Crippen LogP contribution in [0, 0.1) is 5.82 Å². The lowest BCUT2D eigenvalue weighted by molar-refractivity contribution is 0.492. The summed E-state index contributed by atoms with van der Waals surface area (Å²) in [5.74, 6) is 0.929. The van der Waals surface area contributed by atoms with Crippen molar-refractivity contribution in [3.8, 4) is 0 Å². The van der Waals surface area contributed by atoms with E-state index in [4.69, 9.17) is 27.6 Å². The molecule has 1 aromatic carbocycles. The number of fused-ring (bicyclic) bond motifs is 1. The maximum Gasteiger partial charge on any atom is 0.144 e. The second-order valence-corrected chi connectivity index (χ2v) is 5.57. The monoisotopic (exact) mass is 312 g/mol. The molecule has 0 bridgehead atoms. The van der Waals surface area contributed by atoms with Gasteiger partial charge in [0.05, 0.1) is 34.2 Å². The predicted octanol–water partition coefficient (Wildman–Crippen LogP) is 4.77. The van der Waals surface area contributed by atoms with Crippen molar-refractivity contribution in [1.29, 1.82) is 0 Å². The predicted molar refractivity (Wildman–Crippen MR) is 76.8 cm³/mol. The smallest absolute Gasteiger partial charge is 0.144 e. The Morgan fingerprint density at radius 2 is 2.25 bits per heavy atom. The number of nitrogens with zero attached hydrogens (tertiary/aromatic N) is 2. The molecule has 2 aromatic heterocycles. The van der Waals surface area contributed by atoms with Crippen molar-refractivity contribution in [2.45, 2.75) is 18.8 Å². The van der Waals surface area contributed by atoms with Gasteiger partial charge in [-0.3, -0.25) is 0 Å². The van der Waals surface area contributed by atoms with Gasteiger partial charge in [0.15, 0.2) is 0 Å². The number of alkyl halides is 1. The molecule has 1 unspecified atom stereocenters. The minimum atomic E-state index is -0.490. The molecule has 20 heavy (non-hydrogen) atoms. The lowest BCUT2D eigenvalue weighted by atomic mass is 10.3. The van der Waals surface area contributed by atoms with E-state index in [0.29, 0.717) is 17.9 Å². The van der Waals surface area contributed by atoms with Gasteiger partial charge in [0.25, 0.3) is 0 Å². The van der Waals surface area contributed by atoms with Gasteiger partial charge in [0.2, 0.25) is 0 Å². The highest BCUT2D eigenvalue weighted by molar-refractivity contribution is 6.31. The third-order valence-electron chi connectivity index (χ3n) is 3.07. The number of benzene rings is 1. The number of hydrogen-bond acceptors (Lipinski definition) is 2. The van der Waals surface area contributed by atoms with Crippen LogP contribution in [0.5, 0.6) is 0 Å². The molecule has 3 rings (SSSR count).